The third kappa shape index (κ3) is 6.05. The van der Waals surface area contributed by atoms with Crippen LogP contribution < -0.4 is 10.6 Å². The summed E-state index contributed by atoms with van der Waals surface area (Å²) in [5.41, 5.74) is 0.863. The molecule has 1 aliphatic rings. The monoisotopic (exact) mass is 574 g/mol. The van der Waals surface area contributed by atoms with Crippen LogP contribution in [0.3, 0.4) is 0 Å². The highest BCUT2D eigenvalue weighted by Gasteiger charge is 2.33. The molecule has 0 unspecified atom stereocenters. The number of carbonyl (C=O) groups is 1. The van der Waals surface area contributed by atoms with E-state index in [0.717, 1.165) is 5.56 Å². The molecule has 4 heterocycles. The summed E-state index contributed by atoms with van der Waals surface area (Å²) >= 11 is 6.16. The number of aromatic nitrogens is 4. The first-order valence-electron chi connectivity index (χ1n) is 13.4. The summed E-state index contributed by atoms with van der Waals surface area (Å²) in [7, 11) is 0. The van der Waals surface area contributed by atoms with Crippen molar-refractivity contribution in [3.8, 4) is 5.69 Å². The van der Waals surface area contributed by atoms with Gasteiger partial charge in [0.05, 0.1) is 16.8 Å². The highest BCUT2D eigenvalue weighted by Crippen LogP contribution is 2.32. The molecule has 0 spiro atoms. The number of aliphatic hydroxyl groups excluding tert-OH is 1. The maximum absolute atomic E-state index is 14.9. The number of aryl methyl sites for hydroxylation is 1. The van der Waals surface area contributed by atoms with Gasteiger partial charge in [-0.3, -0.25) is 4.98 Å². The predicted molar refractivity (Wildman–Crippen MR) is 152 cm³/mol. The number of pyridine rings is 2. The fourth-order valence-corrected chi connectivity index (χ4v) is 5.07. The van der Waals surface area contributed by atoms with Crippen molar-refractivity contribution in [2.45, 2.75) is 71.9 Å². The van der Waals surface area contributed by atoms with E-state index in [4.69, 9.17) is 16.3 Å². The van der Waals surface area contributed by atoms with Crippen molar-refractivity contribution in [2.75, 3.05) is 31.1 Å². The minimum absolute atomic E-state index is 0.0198. The minimum atomic E-state index is -0.738. The van der Waals surface area contributed by atoms with E-state index in [2.05, 4.69) is 15.0 Å². The molecule has 1 fully saturated rings. The fraction of sp³-hybridized carbons (Fsp3) is 0.536. The van der Waals surface area contributed by atoms with Crippen LogP contribution in [0.2, 0.25) is 5.15 Å². The zero-order valence-corrected chi connectivity index (χ0v) is 24.5. The fourth-order valence-electron chi connectivity index (χ4n) is 4.93. The molecule has 0 bridgehead atoms. The van der Waals surface area contributed by atoms with Crippen LogP contribution in [-0.4, -0.2) is 73.5 Å². The van der Waals surface area contributed by atoms with Crippen LogP contribution in [0.1, 0.15) is 65.1 Å². The lowest BCUT2D eigenvalue weighted by atomic mass is 10.0. The summed E-state index contributed by atoms with van der Waals surface area (Å²) < 4.78 is 21.7. The second-order valence-electron chi connectivity index (χ2n) is 11.3. The summed E-state index contributed by atoms with van der Waals surface area (Å²) in [5, 5.41) is 9.41. The van der Waals surface area contributed by atoms with Crippen LogP contribution in [0, 0.1) is 5.82 Å². The SMILES string of the molecule is CC(C)c1nccc(CCCO)c1-n1c(=O)nc(N2CCN(C(=O)OC(C)(C)C)C[C@@H]2C)c2cc(F)c(Cl)nc21. The molecule has 1 N–H and O–H groups in total. The molecule has 10 nitrogen and oxygen atoms in total. The van der Waals surface area contributed by atoms with Gasteiger partial charge in [-0.05, 0) is 64.2 Å². The van der Waals surface area contributed by atoms with Crippen molar-refractivity contribution in [1.82, 2.24) is 24.4 Å². The molecular formula is C28H36ClFN6O4. The van der Waals surface area contributed by atoms with Crippen LogP contribution in [-0.2, 0) is 11.2 Å². The van der Waals surface area contributed by atoms with Crippen molar-refractivity contribution in [2.24, 2.45) is 0 Å². The van der Waals surface area contributed by atoms with Crippen LogP contribution >= 0.6 is 11.6 Å². The van der Waals surface area contributed by atoms with E-state index in [1.165, 1.54) is 10.6 Å². The topological polar surface area (TPSA) is 114 Å². The third-order valence-corrected chi connectivity index (χ3v) is 6.99. The van der Waals surface area contributed by atoms with E-state index < -0.39 is 23.2 Å². The molecule has 216 valence electrons. The normalized spacial score (nSPS) is 16.2. The van der Waals surface area contributed by atoms with Crippen LogP contribution in [0.15, 0.2) is 23.1 Å². The van der Waals surface area contributed by atoms with Gasteiger partial charge in [0.25, 0.3) is 0 Å². The summed E-state index contributed by atoms with van der Waals surface area (Å²) in [6.07, 6.45) is 2.23. The molecule has 4 rings (SSSR count). The molecule has 3 aromatic rings. The Morgan fingerprint density at radius 1 is 1.27 bits per heavy atom. The number of halogens is 2. The molecule has 40 heavy (non-hydrogen) atoms. The Bertz CT molecular complexity index is 1470. The molecule has 0 saturated carbocycles. The van der Waals surface area contributed by atoms with Gasteiger partial charge >= 0.3 is 11.8 Å². The number of hydrogen-bond acceptors (Lipinski definition) is 8. The second-order valence-corrected chi connectivity index (χ2v) is 11.7. The quantitative estimate of drug-likeness (QED) is 0.429. The Labute approximate surface area is 237 Å². The highest BCUT2D eigenvalue weighted by atomic mass is 35.5. The number of piperazine rings is 1. The van der Waals surface area contributed by atoms with Gasteiger partial charge in [0.15, 0.2) is 16.6 Å². The van der Waals surface area contributed by atoms with E-state index in [9.17, 15) is 19.1 Å². The second kappa shape index (κ2) is 11.7. The van der Waals surface area contributed by atoms with E-state index in [0.29, 0.717) is 49.2 Å². The number of anilines is 1. The van der Waals surface area contributed by atoms with Crippen LogP contribution in [0.25, 0.3) is 16.7 Å². The van der Waals surface area contributed by atoms with Crippen LogP contribution in [0.4, 0.5) is 15.0 Å². The van der Waals surface area contributed by atoms with Gasteiger partial charge < -0.3 is 19.6 Å². The number of aliphatic hydroxyl groups is 1. The lowest BCUT2D eigenvalue weighted by Gasteiger charge is -2.41. The summed E-state index contributed by atoms with van der Waals surface area (Å²) in [5.74, 6) is -0.525. The van der Waals surface area contributed by atoms with Gasteiger partial charge in [-0.1, -0.05) is 25.4 Å². The van der Waals surface area contributed by atoms with Crippen LogP contribution in [0.5, 0.6) is 0 Å². The lowest BCUT2D eigenvalue weighted by Crippen LogP contribution is -2.55. The first-order valence-corrected chi connectivity index (χ1v) is 13.8. The van der Waals surface area contributed by atoms with E-state index in [-0.39, 0.29) is 35.2 Å². The van der Waals surface area contributed by atoms with Crippen molar-refractivity contribution in [3.05, 3.63) is 51.0 Å². The number of hydrogen-bond donors (Lipinski definition) is 1. The average molecular weight is 575 g/mol. The molecule has 3 aromatic heterocycles. The zero-order chi connectivity index (χ0) is 29.4. The first kappa shape index (κ1) is 29.7. The summed E-state index contributed by atoms with van der Waals surface area (Å²) in [4.78, 5) is 43.3. The zero-order valence-electron chi connectivity index (χ0n) is 23.7. The predicted octanol–water partition coefficient (Wildman–Crippen LogP) is 4.46. The number of nitrogens with zero attached hydrogens (tertiary/aromatic N) is 6. The molecule has 1 saturated heterocycles. The van der Waals surface area contributed by atoms with E-state index >= 15 is 0 Å². The Morgan fingerprint density at radius 3 is 2.62 bits per heavy atom. The number of rotatable bonds is 6. The Hall–Kier alpha value is -3.31. The molecule has 0 radical (unpaired) electrons. The maximum Gasteiger partial charge on any atom is 0.410 e. The Morgan fingerprint density at radius 2 is 2.00 bits per heavy atom. The molecule has 1 atom stereocenters. The number of amides is 1. The van der Waals surface area contributed by atoms with Crippen molar-refractivity contribution >= 4 is 34.5 Å². The lowest BCUT2D eigenvalue weighted by molar-refractivity contribution is 0.0218. The molecule has 12 heteroatoms. The Balaban J connectivity index is 1.87. The molecular weight excluding hydrogens is 539 g/mol. The van der Waals surface area contributed by atoms with Gasteiger partial charge in [-0.2, -0.15) is 4.98 Å². The standard InChI is InChI=1S/C28H36ClFN6O4/c1-16(2)21-22(18(8-7-13-37)9-10-31-21)36-25-19(14-20(30)23(29)32-25)24(33-26(36)38)35-12-11-34(15-17(35)3)27(39)40-28(4,5)6/h9-10,14,16-17,37H,7-8,11-13,15H2,1-6H3/t17-/m0/s1. The van der Waals surface area contributed by atoms with Gasteiger partial charge in [-0.15, -0.1) is 0 Å². The van der Waals surface area contributed by atoms with E-state index in [1.807, 2.05) is 46.4 Å². The van der Waals surface area contributed by atoms with Gasteiger partial charge in [-0.25, -0.2) is 23.5 Å². The number of fused-ring (bicyclic) bond motifs is 1. The minimum Gasteiger partial charge on any atom is -0.444 e. The molecule has 1 aliphatic heterocycles. The number of carbonyl (C=O) groups excluding carboxylic acids is 1. The smallest absolute Gasteiger partial charge is 0.410 e. The largest absolute Gasteiger partial charge is 0.444 e. The maximum atomic E-state index is 14.9. The summed E-state index contributed by atoms with van der Waals surface area (Å²) in [6, 6.07) is 2.79. The van der Waals surface area contributed by atoms with Crippen molar-refractivity contribution in [1.29, 1.82) is 0 Å². The molecule has 1 amide bonds. The third-order valence-electron chi connectivity index (χ3n) is 6.72. The van der Waals surface area contributed by atoms with Gasteiger partial charge in [0.2, 0.25) is 0 Å². The Kier molecular flexibility index (Phi) is 8.65. The van der Waals surface area contributed by atoms with Gasteiger partial charge in [0.1, 0.15) is 11.4 Å². The van der Waals surface area contributed by atoms with E-state index in [1.54, 1.807) is 17.2 Å². The average Bonchev–Trinajstić information content (AvgIpc) is 2.87. The molecule has 0 aromatic carbocycles. The van der Waals surface area contributed by atoms with Crippen molar-refractivity contribution in [3.63, 3.8) is 0 Å². The summed E-state index contributed by atoms with van der Waals surface area (Å²) in [6.45, 7) is 12.2. The van der Waals surface area contributed by atoms with Crippen molar-refractivity contribution < 1.29 is 19.0 Å². The first-order chi connectivity index (χ1) is 18.8. The molecule has 0 aliphatic carbocycles. The van der Waals surface area contributed by atoms with Gasteiger partial charge in [0, 0.05) is 38.5 Å². The number of ether oxygens (including phenoxy) is 1. The highest BCUT2D eigenvalue weighted by molar-refractivity contribution is 6.30.